The van der Waals surface area contributed by atoms with Gasteiger partial charge in [-0.15, -0.1) is 0 Å². The normalized spacial score (nSPS) is 17.9. The number of sulfone groups is 1. The lowest BCUT2D eigenvalue weighted by Crippen LogP contribution is -2.16. The molecule has 0 aliphatic carbocycles. The smallest absolute Gasteiger partial charge is 0.202 e. The fraction of sp³-hybridized carbons (Fsp3) is 0.364. The number of carbonyl (C=O) groups excluding carboxylic acids is 1. The van der Waals surface area contributed by atoms with E-state index in [9.17, 15) is 13.2 Å². The molecule has 4 rings (SSSR count). The van der Waals surface area contributed by atoms with Crippen molar-refractivity contribution in [3.63, 3.8) is 0 Å². The number of ether oxygens (including phenoxy) is 1. The largest absolute Gasteiger partial charge is 0.482 e. The Balaban J connectivity index is 1.61. The number of hydrogen-bond donors (Lipinski definition) is 0. The Morgan fingerprint density at radius 3 is 2.61 bits per heavy atom. The van der Waals surface area contributed by atoms with Crippen molar-refractivity contribution in [2.45, 2.75) is 33.2 Å². The minimum atomic E-state index is -3.03. The number of nitrogens with zero attached hydrogens (tertiary/aromatic N) is 2. The Morgan fingerprint density at radius 2 is 1.94 bits per heavy atom. The fourth-order valence-corrected chi connectivity index (χ4v) is 6.51. The first-order valence-corrected chi connectivity index (χ1v) is 12.5. The molecule has 164 valence electrons. The highest BCUT2D eigenvalue weighted by atomic mass is 35.5. The van der Waals surface area contributed by atoms with Crippen molar-refractivity contribution in [1.29, 1.82) is 0 Å². The highest BCUT2D eigenvalue weighted by molar-refractivity contribution is 7.91. The maximum Gasteiger partial charge on any atom is 0.202 e. The van der Waals surface area contributed by atoms with Crippen molar-refractivity contribution >= 4 is 49.7 Å². The van der Waals surface area contributed by atoms with Gasteiger partial charge in [-0.1, -0.05) is 23.2 Å². The van der Waals surface area contributed by atoms with E-state index in [0.29, 0.717) is 33.7 Å². The first kappa shape index (κ1) is 22.1. The second-order valence-electron chi connectivity index (χ2n) is 7.94. The van der Waals surface area contributed by atoms with Crippen LogP contribution in [0.4, 0.5) is 0 Å². The second kappa shape index (κ2) is 8.11. The number of aryl methyl sites for hydroxylation is 2. The molecule has 6 nitrogen and oxygen atoms in total. The first-order chi connectivity index (χ1) is 14.6. The van der Waals surface area contributed by atoms with E-state index < -0.39 is 9.84 Å². The van der Waals surface area contributed by atoms with E-state index in [2.05, 4.69) is 4.98 Å². The number of rotatable bonds is 5. The van der Waals surface area contributed by atoms with E-state index in [1.54, 1.807) is 12.1 Å². The number of hydrogen-bond acceptors (Lipinski definition) is 5. The summed E-state index contributed by atoms with van der Waals surface area (Å²) in [7, 11) is -3.03. The van der Waals surface area contributed by atoms with Crippen molar-refractivity contribution in [2.75, 3.05) is 18.1 Å². The van der Waals surface area contributed by atoms with Crippen LogP contribution >= 0.6 is 23.2 Å². The molecule has 2 aromatic heterocycles. The van der Waals surface area contributed by atoms with Crippen LogP contribution in [0.1, 0.15) is 39.9 Å². The van der Waals surface area contributed by atoms with Gasteiger partial charge in [0.05, 0.1) is 21.6 Å². The molecule has 0 N–H and O–H groups in total. The van der Waals surface area contributed by atoms with E-state index in [-0.39, 0.29) is 35.0 Å². The Kier molecular flexibility index (Phi) is 5.79. The van der Waals surface area contributed by atoms with Crippen molar-refractivity contribution in [2.24, 2.45) is 0 Å². The molecular weight excluding hydrogens is 459 g/mol. The predicted molar refractivity (Wildman–Crippen MR) is 123 cm³/mol. The van der Waals surface area contributed by atoms with Gasteiger partial charge in [0.1, 0.15) is 5.52 Å². The molecule has 0 spiro atoms. The molecule has 0 unspecified atom stereocenters. The Bertz CT molecular complexity index is 1320. The maximum atomic E-state index is 13.0. The van der Waals surface area contributed by atoms with Crippen LogP contribution < -0.4 is 4.74 Å². The summed E-state index contributed by atoms with van der Waals surface area (Å²) in [5, 5.41) is 1.44. The SMILES string of the molecule is Cc1ccc2c(Cl)cc(Cl)c(OCC(=O)c3cc(C)n([C@H]4CCS(=O)(=O)C4)c3C)c2n1. The van der Waals surface area contributed by atoms with Crippen LogP contribution in [0.25, 0.3) is 10.9 Å². The third kappa shape index (κ3) is 4.19. The van der Waals surface area contributed by atoms with Gasteiger partial charge in [-0.3, -0.25) is 4.79 Å². The molecule has 1 fully saturated rings. The molecule has 1 aromatic carbocycles. The standard InChI is InChI=1S/C22H22Cl2N2O4S/c1-12-4-5-16-18(23)9-19(24)22(21(16)25-12)30-10-20(27)17-8-13(2)26(14(17)3)15-6-7-31(28,29)11-15/h4-5,8-9,15H,6-7,10-11H2,1-3H3/t15-/m0/s1. The summed E-state index contributed by atoms with van der Waals surface area (Å²) < 4.78 is 31.6. The Hall–Kier alpha value is -2.09. The average Bonchev–Trinajstić information content (AvgIpc) is 3.18. The van der Waals surface area contributed by atoms with Crippen LogP contribution in [-0.4, -0.2) is 41.9 Å². The molecule has 3 heterocycles. The third-order valence-electron chi connectivity index (χ3n) is 5.68. The second-order valence-corrected chi connectivity index (χ2v) is 11.0. The van der Waals surface area contributed by atoms with E-state index in [1.165, 1.54) is 0 Å². The number of halogens is 2. The summed E-state index contributed by atoms with van der Waals surface area (Å²) in [5.41, 5.74) is 3.40. The van der Waals surface area contributed by atoms with Gasteiger partial charge in [0.15, 0.2) is 22.2 Å². The van der Waals surface area contributed by atoms with Gasteiger partial charge >= 0.3 is 0 Å². The molecular formula is C22H22Cl2N2O4S. The lowest BCUT2D eigenvalue weighted by molar-refractivity contribution is 0.0922. The Labute approximate surface area is 191 Å². The quantitative estimate of drug-likeness (QED) is 0.485. The minimum absolute atomic E-state index is 0.102. The van der Waals surface area contributed by atoms with Gasteiger partial charge in [-0.05, 0) is 51.5 Å². The number of ketones is 1. The van der Waals surface area contributed by atoms with Crippen molar-refractivity contribution in [3.8, 4) is 5.75 Å². The summed E-state index contributed by atoms with van der Waals surface area (Å²) in [6.45, 7) is 5.34. The molecule has 3 aromatic rings. The number of aromatic nitrogens is 2. The topological polar surface area (TPSA) is 78.3 Å². The van der Waals surface area contributed by atoms with Gasteiger partial charge in [0.2, 0.25) is 5.78 Å². The first-order valence-electron chi connectivity index (χ1n) is 9.87. The summed E-state index contributed by atoms with van der Waals surface area (Å²) in [6.07, 6.45) is 0.556. The minimum Gasteiger partial charge on any atom is -0.482 e. The molecule has 31 heavy (non-hydrogen) atoms. The van der Waals surface area contributed by atoms with Gasteiger partial charge in [0.25, 0.3) is 0 Å². The predicted octanol–water partition coefficient (Wildman–Crippen LogP) is 4.89. The average molecular weight is 481 g/mol. The zero-order valence-corrected chi connectivity index (χ0v) is 19.7. The van der Waals surface area contributed by atoms with Gasteiger partial charge in [0, 0.05) is 34.1 Å². The maximum absolute atomic E-state index is 13.0. The lowest BCUT2D eigenvalue weighted by Gasteiger charge is -2.16. The molecule has 0 radical (unpaired) electrons. The molecule has 1 atom stereocenters. The number of carbonyl (C=O) groups is 1. The van der Waals surface area contributed by atoms with Crippen molar-refractivity contribution in [3.05, 3.63) is 57.0 Å². The van der Waals surface area contributed by atoms with Gasteiger partial charge in [-0.25, -0.2) is 13.4 Å². The van der Waals surface area contributed by atoms with Crippen LogP contribution in [0.15, 0.2) is 24.3 Å². The molecule has 1 aliphatic rings. The molecule has 0 amide bonds. The Morgan fingerprint density at radius 1 is 1.19 bits per heavy atom. The van der Waals surface area contributed by atoms with Crippen LogP contribution in [-0.2, 0) is 9.84 Å². The van der Waals surface area contributed by atoms with Crippen molar-refractivity contribution in [1.82, 2.24) is 9.55 Å². The van der Waals surface area contributed by atoms with Gasteiger partial charge < -0.3 is 9.30 Å². The van der Waals surface area contributed by atoms with Crippen LogP contribution in [0.3, 0.4) is 0 Å². The zero-order valence-electron chi connectivity index (χ0n) is 17.4. The number of pyridine rings is 1. The van der Waals surface area contributed by atoms with Crippen molar-refractivity contribution < 1.29 is 17.9 Å². The zero-order chi connectivity index (χ0) is 22.5. The number of Topliss-reactive ketones (excluding diaryl/α,β-unsaturated/α-hetero) is 1. The third-order valence-corrected chi connectivity index (χ3v) is 8.03. The molecule has 0 saturated carbocycles. The summed E-state index contributed by atoms with van der Waals surface area (Å²) >= 11 is 12.6. The summed E-state index contributed by atoms with van der Waals surface area (Å²) in [5.74, 6) is 0.376. The monoisotopic (exact) mass is 480 g/mol. The van der Waals surface area contributed by atoms with E-state index in [4.69, 9.17) is 27.9 Å². The molecule has 9 heteroatoms. The lowest BCUT2D eigenvalue weighted by atomic mass is 10.1. The van der Waals surface area contributed by atoms with E-state index in [1.807, 2.05) is 37.5 Å². The fourth-order valence-electron chi connectivity index (χ4n) is 4.24. The highest BCUT2D eigenvalue weighted by Gasteiger charge is 2.31. The molecule has 0 bridgehead atoms. The summed E-state index contributed by atoms with van der Waals surface area (Å²) in [6, 6.07) is 6.91. The number of benzene rings is 1. The van der Waals surface area contributed by atoms with Crippen LogP contribution in [0.2, 0.25) is 10.0 Å². The van der Waals surface area contributed by atoms with E-state index >= 15 is 0 Å². The number of fused-ring (bicyclic) bond motifs is 1. The van der Waals surface area contributed by atoms with Crippen LogP contribution in [0, 0.1) is 20.8 Å². The highest BCUT2D eigenvalue weighted by Crippen LogP contribution is 2.37. The summed E-state index contributed by atoms with van der Waals surface area (Å²) in [4.78, 5) is 17.5. The van der Waals surface area contributed by atoms with Gasteiger partial charge in [-0.2, -0.15) is 0 Å². The van der Waals surface area contributed by atoms with E-state index in [0.717, 1.165) is 17.1 Å². The molecule has 1 saturated heterocycles. The molecule has 1 aliphatic heterocycles. The van der Waals surface area contributed by atoms with Crippen LogP contribution in [0.5, 0.6) is 5.75 Å².